The Labute approximate surface area is 182 Å². The first-order chi connectivity index (χ1) is 14.2. The van der Waals surface area contributed by atoms with E-state index < -0.39 is 21.7 Å². The summed E-state index contributed by atoms with van der Waals surface area (Å²) < 4.78 is 46.0. The van der Waals surface area contributed by atoms with Crippen molar-refractivity contribution in [1.82, 2.24) is 0 Å². The first kappa shape index (κ1) is 21.9. The van der Waals surface area contributed by atoms with Gasteiger partial charge < -0.3 is 10.1 Å². The van der Waals surface area contributed by atoms with Crippen molar-refractivity contribution in [3.63, 3.8) is 0 Å². The van der Waals surface area contributed by atoms with Crippen molar-refractivity contribution in [1.29, 1.82) is 0 Å². The van der Waals surface area contributed by atoms with Crippen LogP contribution in [0.5, 0.6) is 5.75 Å². The molecule has 1 amide bonds. The Morgan fingerprint density at radius 3 is 2.33 bits per heavy atom. The van der Waals surface area contributed by atoms with E-state index in [1.165, 1.54) is 67.8 Å². The average molecular weight is 469 g/mol. The Hall–Kier alpha value is -2.81. The number of anilines is 2. The molecule has 0 bridgehead atoms. The van der Waals surface area contributed by atoms with Crippen LogP contribution in [0, 0.1) is 5.82 Å². The van der Waals surface area contributed by atoms with E-state index in [1.807, 2.05) is 0 Å². The molecule has 156 valence electrons. The zero-order valence-corrected chi connectivity index (χ0v) is 17.8. The lowest BCUT2D eigenvalue weighted by molar-refractivity contribution is 0.102. The summed E-state index contributed by atoms with van der Waals surface area (Å²) in [6.45, 7) is 0. The highest BCUT2D eigenvalue weighted by atomic mass is 35.5. The van der Waals surface area contributed by atoms with E-state index in [0.717, 1.165) is 0 Å². The molecule has 0 spiro atoms. The van der Waals surface area contributed by atoms with Gasteiger partial charge in [0.15, 0.2) is 0 Å². The first-order valence-corrected chi connectivity index (χ1v) is 10.7. The summed E-state index contributed by atoms with van der Waals surface area (Å²) in [5.74, 6) is -0.765. The van der Waals surface area contributed by atoms with E-state index in [-0.39, 0.29) is 26.2 Å². The van der Waals surface area contributed by atoms with Crippen LogP contribution in [0.1, 0.15) is 10.4 Å². The Balaban J connectivity index is 1.91. The van der Waals surface area contributed by atoms with Crippen molar-refractivity contribution in [3.05, 3.63) is 82.1 Å². The quantitative estimate of drug-likeness (QED) is 0.520. The highest BCUT2D eigenvalue weighted by Crippen LogP contribution is 2.29. The molecule has 2 N–H and O–H groups in total. The number of rotatable bonds is 6. The minimum absolute atomic E-state index is 0.00551. The molecule has 6 nitrogen and oxygen atoms in total. The third kappa shape index (κ3) is 5.02. The maximum Gasteiger partial charge on any atom is 0.261 e. The van der Waals surface area contributed by atoms with E-state index in [1.54, 1.807) is 0 Å². The lowest BCUT2D eigenvalue weighted by Gasteiger charge is -2.14. The van der Waals surface area contributed by atoms with Gasteiger partial charge >= 0.3 is 0 Å². The van der Waals surface area contributed by atoms with Gasteiger partial charge in [0.2, 0.25) is 0 Å². The molecule has 0 radical (unpaired) electrons. The molecule has 0 saturated carbocycles. The number of benzene rings is 3. The molecule has 0 aliphatic heterocycles. The fraction of sp³-hybridized carbons (Fsp3) is 0.0500. The summed E-state index contributed by atoms with van der Waals surface area (Å²) in [6, 6.07) is 13.2. The van der Waals surface area contributed by atoms with Crippen molar-refractivity contribution in [2.75, 3.05) is 17.1 Å². The summed E-state index contributed by atoms with van der Waals surface area (Å²) in [5.41, 5.74) is 0.318. The zero-order valence-electron chi connectivity index (χ0n) is 15.4. The van der Waals surface area contributed by atoms with Crippen molar-refractivity contribution < 1.29 is 22.3 Å². The largest absolute Gasteiger partial charge is 0.495 e. The lowest BCUT2D eigenvalue weighted by Crippen LogP contribution is -2.18. The summed E-state index contributed by atoms with van der Waals surface area (Å²) in [5, 5.41) is 2.91. The van der Waals surface area contributed by atoms with E-state index in [4.69, 9.17) is 27.9 Å². The molecule has 0 heterocycles. The molecule has 0 aliphatic rings. The van der Waals surface area contributed by atoms with E-state index in [0.29, 0.717) is 11.4 Å². The second-order valence-corrected chi connectivity index (χ2v) is 8.58. The smallest absolute Gasteiger partial charge is 0.261 e. The third-order valence-corrected chi connectivity index (χ3v) is 5.90. The van der Waals surface area contributed by atoms with Gasteiger partial charge in [0, 0.05) is 10.7 Å². The number of hydrogen-bond acceptors (Lipinski definition) is 4. The second kappa shape index (κ2) is 8.91. The predicted octanol–water partition coefficient (Wildman–Crippen LogP) is 5.19. The molecular formula is C20H15Cl2FN2O4S. The Morgan fingerprint density at radius 1 is 1.00 bits per heavy atom. The standard InChI is InChI=1S/C20H15Cl2FN2O4S/c1-29-19-9-7-15(11-17(19)22)30(27,28)25-18-8-2-12(21)10-16(18)20(26)24-14-5-3-13(23)4-6-14/h2-11,25H,1H3,(H,24,26). The van der Waals surface area contributed by atoms with Crippen LogP contribution in [0.25, 0.3) is 0 Å². The van der Waals surface area contributed by atoms with Gasteiger partial charge in [0.05, 0.1) is 28.3 Å². The van der Waals surface area contributed by atoms with Gasteiger partial charge in [0.1, 0.15) is 11.6 Å². The normalized spacial score (nSPS) is 11.1. The maximum absolute atomic E-state index is 13.1. The molecule has 10 heteroatoms. The monoisotopic (exact) mass is 468 g/mol. The van der Waals surface area contributed by atoms with Crippen molar-refractivity contribution >= 4 is 50.5 Å². The van der Waals surface area contributed by atoms with Crippen molar-refractivity contribution in [3.8, 4) is 5.75 Å². The SMILES string of the molecule is COc1ccc(S(=O)(=O)Nc2ccc(Cl)cc2C(=O)Nc2ccc(F)cc2)cc1Cl. The molecular weight excluding hydrogens is 454 g/mol. The number of ether oxygens (including phenoxy) is 1. The topological polar surface area (TPSA) is 84.5 Å². The predicted molar refractivity (Wildman–Crippen MR) is 115 cm³/mol. The number of amides is 1. The molecule has 0 saturated heterocycles. The van der Waals surface area contributed by atoms with Gasteiger partial charge in [0.25, 0.3) is 15.9 Å². The number of sulfonamides is 1. The van der Waals surface area contributed by atoms with Gasteiger partial charge in [-0.25, -0.2) is 12.8 Å². The first-order valence-electron chi connectivity index (χ1n) is 8.42. The van der Waals surface area contributed by atoms with Crippen molar-refractivity contribution in [2.24, 2.45) is 0 Å². The van der Waals surface area contributed by atoms with E-state index in [9.17, 15) is 17.6 Å². The number of carbonyl (C=O) groups is 1. The van der Waals surface area contributed by atoms with Crippen molar-refractivity contribution in [2.45, 2.75) is 4.90 Å². The van der Waals surface area contributed by atoms with Gasteiger partial charge in [-0.3, -0.25) is 9.52 Å². The number of carbonyl (C=O) groups excluding carboxylic acids is 1. The average Bonchev–Trinajstić information content (AvgIpc) is 2.70. The van der Waals surface area contributed by atoms with Crippen LogP contribution in [0.2, 0.25) is 10.0 Å². The number of hydrogen-bond donors (Lipinski definition) is 2. The molecule has 0 unspecified atom stereocenters. The number of halogens is 3. The molecule has 3 aromatic rings. The highest BCUT2D eigenvalue weighted by Gasteiger charge is 2.20. The Kier molecular flexibility index (Phi) is 6.50. The number of nitrogens with one attached hydrogen (secondary N) is 2. The molecule has 30 heavy (non-hydrogen) atoms. The zero-order chi connectivity index (χ0) is 21.9. The lowest BCUT2D eigenvalue weighted by atomic mass is 10.1. The molecule has 0 aliphatic carbocycles. The Bertz CT molecular complexity index is 1200. The molecule has 3 aromatic carbocycles. The number of methoxy groups -OCH3 is 1. The van der Waals surface area contributed by atoms with Gasteiger partial charge in [-0.2, -0.15) is 0 Å². The fourth-order valence-electron chi connectivity index (χ4n) is 2.54. The Morgan fingerprint density at radius 2 is 1.70 bits per heavy atom. The third-order valence-electron chi connectivity index (χ3n) is 4.01. The van der Waals surface area contributed by atoms with Crippen LogP contribution >= 0.6 is 23.2 Å². The molecule has 0 fully saturated rings. The second-order valence-electron chi connectivity index (χ2n) is 6.05. The summed E-state index contributed by atoms with van der Waals surface area (Å²) in [4.78, 5) is 12.6. The summed E-state index contributed by atoms with van der Waals surface area (Å²) in [6.07, 6.45) is 0. The minimum Gasteiger partial charge on any atom is -0.495 e. The maximum atomic E-state index is 13.1. The van der Waals surface area contributed by atoms with Crippen LogP contribution in [0.4, 0.5) is 15.8 Å². The van der Waals surface area contributed by atoms with Gasteiger partial charge in [-0.05, 0) is 60.7 Å². The van der Waals surface area contributed by atoms with Crippen LogP contribution in [-0.2, 0) is 10.0 Å². The molecule has 0 atom stereocenters. The van der Waals surface area contributed by atoms with Crippen LogP contribution < -0.4 is 14.8 Å². The highest BCUT2D eigenvalue weighted by molar-refractivity contribution is 7.92. The van der Waals surface area contributed by atoms with Crippen LogP contribution in [0.15, 0.2) is 65.6 Å². The van der Waals surface area contributed by atoms with Gasteiger partial charge in [-0.15, -0.1) is 0 Å². The van der Waals surface area contributed by atoms with Gasteiger partial charge in [-0.1, -0.05) is 23.2 Å². The van der Waals surface area contributed by atoms with E-state index in [2.05, 4.69) is 10.0 Å². The minimum atomic E-state index is -4.07. The van der Waals surface area contributed by atoms with Crippen LogP contribution in [0.3, 0.4) is 0 Å². The van der Waals surface area contributed by atoms with E-state index >= 15 is 0 Å². The molecule has 0 aromatic heterocycles. The summed E-state index contributed by atoms with van der Waals surface area (Å²) >= 11 is 12.0. The molecule has 3 rings (SSSR count). The fourth-order valence-corrected chi connectivity index (χ4v) is 4.14. The summed E-state index contributed by atoms with van der Waals surface area (Å²) in [7, 11) is -2.66. The van der Waals surface area contributed by atoms with Crippen LogP contribution in [-0.4, -0.2) is 21.4 Å².